The second kappa shape index (κ2) is 9.37. The van der Waals surface area contributed by atoms with Gasteiger partial charge in [-0.3, -0.25) is 4.79 Å². The fourth-order valence-electron chi connectivity index (χ4n) is 3.27. The van der Waals surface area contributed by atoms with Gasteiger partial charge in [0.25, 0.3) is 0 Å². The molecule has 0 spiro atoms. The summed E-state index contributed by atoms with van der Waals surface area (Å²) in [5.74, 6) is 1.72. The number of carbonyl (C=O) groups excluding carboxylic acids is 1. The average Bonchev–Trinajstić information content (AvgIpc) is 3.11. The van der Waals surface area contributed by atoms with Crippen molar-refractivity contribution in [3.05, 3.63) is 35.9 Å². The van der Waals surface area contributed by atoms with Crippen LogP contribution in [0.5, 0.6) is 0 Å². The summed E-state index contributed by atoms with van der Waals surface area (Å²) >= 11 is 2.95. The molecule has 7 heteroatoms. The van der Waals surface area contributed by atoms with Gasteiger partial charge in [0.05, 0.1) is 5.75 Å². The second-order valence-electron chi connectivity index (χ2n) is 6.94. The van der Waals surface area contributed by atoms with E-state index in [4.69, 9.17) is 0 Å². The van der Waals surface area contributed by atoms with Crippen LogP contribution in [-0.4, -0.2) is 27.9 Å². The molecule has 1 aliphatic carbocycles. The van der Waals surface area contributed by atoms with E-state index in [0.29, 0.717) is 23.6 Å². The van der Waals surface area contributed by atoms with Gasteiger partial charge in [0.2, 0.25) is 11.0 Å². The van der Waals surface area contributed by atoms with Crippen LogP contribution >= 0.6 is 23.1 Å². The number of thioether (sulfide) groups is 1. The molecule has 0 bridgehead atoms. The van der Waals surface area contributed by atoms with E-state index in [1.165, 1.54) is 41.5 Å². The molecule has 1 heterocycles. The number of hydrogen-bond acceptors (Lipinski definition) is 6. The smallest absolute Gasteiger partial charge is 0.230 e. The number of hydrogen-bond donors (Lipinski definition) is 2. The maximum atomic E-state index is 12.3. The lowest BCUT2D eigenvalue weighted by molar-refractivity contribution is -0.119. The van der Waals surface area contributed by atoms with Gasteiger partial charge in [-0.05, 0) is 23.8 Å². The summed E-state index contributed by atoms with van der Waals surface area (Å²) in [7, 11) is 0. The summed E-state index contributed by atoms with van der Waals surface area (Å²) in [4.78, 5) is 12.3. The summed E-state index contributed by atoms with van der Waals surface area (Å²) in [5.41, 5.74) is 1.20. The largest absolute Gasteiger partial charge is 0.356 e. The Labute approximate surface area is 163 Å². The third-order valence-electron chi connectivity index (χ3n) is 5.07. The van der Waals surface area contributed by atoms with Gasteiger partial charge in [0.1, 0.15) is 0 Å². The molecule has 1 saturated carbocycles. The molecule has 2 N–H and O–H groups in total. The van der Waals surface area contributed by atoms with Crippen molar-refractivity contribution < 1.29 is 4.79 Å². The molecule has 1 aliphatic rings. The summed E-state index contributed by atoms with van der Waals surface area (Å²) in [6.45, 7) is 5.25. The van der Waals surface area contributed by atoms with Crippen molar-refractivity contribution in [2.24, 2.45) is 11.8 Å². The number of aromatic nitrogens is 2. The van der Waals surface area contributed by atoms with E-state index >= 15 is 0 Å². The predicted molar refractivity (Wildman–Crippen MR) is 109 cm³/mol. The molecule has 0 aliphatic heterocycles. The molecular formula is C19H26N4OS2. The molecule has 26 heavy (non-hydrogen) atoms. The zero-order chi connectivity index (χ0) is 18.4. The van der Waals surface area contributed by atoms with E-state index in [1.807, 2.05) is 18.2 Å². The average molecular weight is 391 g/mol. The maximum absolute atomic E-state index is 12.3. The number of carbonyl (C=O) groups is 1. The van der Waals surface area contributed by atoms with Crippen LogP contribution in [-0.2, 0) is 11.3 Å². The predicted octanol–water partition coefficient (Wildman–Crippen LogP) is 4.18. The van der Waals surface area contributed by atoms with E-state index in [-0.39, 0.29) is 5.91 Å². The SMILES string of the molecule is C[C@H]1[C@H](C)CCC[C@H]1NC(=O)CSc1nnc(NCc2ccccc2)s1. The minimum atomic E-state index is 0.0925. The normalized spacial score (nSPS) is 22.8. The van der Waals surface area contributed by atoms with Gasteiger partial charge in [-0.2, -0.15) is 0 Å². The van der Waals surface area contributed by atoms with Crippen LogP contribution in [0.3, 0.4) is 0 Å². The Bertz CT molecular complexity index is 707. The Morgan fingerprint density at radius 1 is 1.23 bits per heavy atom. The fourth-order valence-corrected chi connectivity index (χ4v) is 4.83. The highest BCUT2D eigenvalue weighted by Crippen LogP contribution is 2.30. The lowest BCUT2D eigenvalue weighted by Gasteiger charge is -2.34. The van der Waals surface area contributed by atoms with Gasteiger partial charge in [-0.1, -0.05) is 80.1 Å². The number of nitrogens with one attached hydrogen (secondary N) is 2. The van der Waals surface area contributed by atoms with Gasteiger partial charge in [0, 0.05) is 12.6 Å². The van der Waals surface area contributed by atoms with Crippen LogP contribution in [0, 0.1) is 11.8 Å². The Balaban J connectivity index is 1.42. The fraction of sp³-hybridized carbons (Fsp3) is 0.526. The Hall–Kier alpha value is -1.60. The lowest BCUT2D eigenvalue weighted by atomic mass is 9.78. The number of anilines is 1. The van der Waals surface area contributed by atoms with Gasteiger partial charge in [0.15, 0.2) is 4.34 Å². The Morgan fingerprint density at radius 3 is 2.85 bits per heavy atom. The lowest BCUT2D eigenvalue weighted by Crippen LogP contribution is -2.44. The van der Waals surface area contributed by atoms with Crippen molar-refractivity contribution in [1.82, 2.24) is 15.5 Å². The number of amides is 1. The molecule has 1 aromatic carbocycles. The van der Waals surface area contributed by atoms with Gasteiger partial charge < -0.3 is 10.6 Å². The van der Waals surface area contributed by atoms with Crippen LogP contribution in [0.4, 0.5) is 5.13 Å². The first-order valence-corrected chi connectivity index (χ1v) is 11.0. The van der Waals surface area contributed by atoms with Crippen molar-refractivity contribution in [3.8, 4) is 0 Å². The van der Waals surface area contributed by atoms with E-state index < -0.39 is 0 Å². The molecular weight excluding hydrogens is 364 g/mol. The molecule has 1 aromatic heterocycles. The molecule has 3 atom stereocenters. The van der Waals surface area contributed by atoms with Crippen LogP contribution in [0.1, 0.15) is 38.7 Å². The second-order valence-corrected chi connectivity index (χ2v) is 9.14. The Kier molecular flexibility index (Phi) is 6.91. The van der Waals surface area contributed by atoms with Crippen molar-refractivity contribution in [3.63, 3.8) is 0 Å². The topological polar surface area (TPSA) is 66.9 Å². The van der Waals surface area contributed by atoms with E-state index in [2.05, 4.69) is 46.8 Å². The zero-order valence-electron chi connectivity index (χ0n) is 15.3. The number of rotatable bonds is 7. The number of nitrogens with zero attached hydrogens (tertiary/aromatic N) is 2. The quantitative estimate of drug-likeness (QED) is 0.694. The van der Waals surface area contributed by atoms with Gasteiger partial charge in [-0.25, -0.2) is 0 Å². The minimum Gasteiger partial charge on any atom is -0.356 e. The molecule has 0 saturated heterocycles. The van der Waals surface area contributed by atoms with Crippen LogP contribution < -0.4 is 10.6 Å². The van der Waals surface area contributed by atoms with Crippen molar-refractivity contribution in [2.75, 3.05) is 11.1 Å². The standard InChI is InChI=1S/C19H26N4OS2/c1-13-7-6-10-16(14(13)2)21-17(24)12-25-19-23-22-18(26-19)20-11-15-8-4-3-5-9-15/h3-5,8-9,13-14,16H,6-7,10-12H2,1-2H3,(H,20,22)(H,21,24)/t13-,14+,16-/m1/s1. The highest BCUT2D eigenvalue weighted by atomic mass is 32.2. The van der Waals surface area contributed by atoms with Gasteiger partial charge >= 0.3 is 0 Å². The van der Waals surface area contributed by atoms with Crippen molar-refractivity contribution >= 4 is 34.1 Å². The van der Waals surface area contributed by atoms with Crippen LogP contribution in [0.15, 0.2) is 34.7 Å². The highest BCUT2D eigenvalue weighted by Gasteiger charge is 2.28. The van der Waals surface area contributed by atoms with E-state index in [1.54, 1.807) is 0 Å². The summed E-state index contributed by atoms with van der Waals surface area (Å²) in [6, 6.07) is 10.5. The molecule has 140 valence electrons. The maximum Gasteiger partial charge on any atom is 0.230 e. The first kappa shape index (κ1) is 19.2. The summed E-state index contributed by atoms with van der Waals surface area (Å²) < 4.78 is 0.820. The molecule has 0 unspecified atom stereocenters. The molecule has 5 nitrogen and oxygen atoms in total. The third kappa shape index (κ3) is 5.45. The summed E-state index contributed by atoms with van der Waals surface area (Å²) in [6.07, 6.45) is 3.57. The van der Waals surface area contributed by atoms with Crippen molar-refractivity contribution in [1.29, 1.82) is 0 Å². The monoisotopic (exact) mass is 390 g/mol. The molecule has 2 aromatic rings. The van der Waals surface area contributed by atoms with Crippen molar-refractivity contribution in [2.45, 2.75) is 50.0 Å². The first-order valence-electron chi connectivity index (χ1n) is 9.15. The van der Waals surface area contributed by atoms with Gasteiger partial charge in [-0.15, -0.1) is 10.2 Å². The molecule has 3 rings (SSSR count). The molecule has 1 fully saturated rings. The highest BCUT2D eigenvalue weighted by molar-refractivity contribution is 8.01. The van der Waals surface area contributed by atoms with Crippen LogP contribution in [0.2, 0.25) is 0 Å². The molecule has 1 amide bonds. The van der Waals surface area contributed by atoms with E-state index in [0.717, 1.165) is 22.4 Å². The first-order chi connectivity index (χ1) is 12.6. The van der Waals surface area contributed by atoms with E-state index in [9.17, 15) is 4.79 Å². The zero-order valence-corrected chi connectivity index (χ0v) is 16.9. The van der Waals surface area contributed by atoms with Crippen LogP contribution in [0.25, 0.3) is 0 Å². The summed E-state index contributed by atoms with van der Waals surface area (Å²) in [5, 5.41) is 15.6. The Morgan fingerprint density at radius 2 is 2.04 bits per heavy atom. The molecule has 0 radical (unpaired) electrons. The minimum absolute atomic E-state index is 0.0925. The third-order valence-corrected chi connectivity index (χ3v) is 7.09. The number of benzene rings is 1.